The van der Waals surface area contributed by atoms with Crippen molar-refractivity contribution in [1.29, 1.82) is 0 Å². The summed E-state index contributed by atoms with van der Waals surface area (Å²) in [4.78, 5) is 32.8. The van der Waals surface area contributed by atoms with Gasteiger partial charge in [-0.15, -0.1) is 0 Å². The SMILES string of the molecule is Cc1ccc(N=C2S/C(=C\c3ccc(OCC(=O)Nc4cccc(C)c4)cc3)C(=O)N2c2ccc(C)cc2)cc1. The van der Waals surface area contributed by atoms with Gasteiger partial charge in [-0.2, -0.15) is 0 Å². The number of aliphatic imine (C=N–C) groups is 1. The third-order valence-corrected chi connectivity index (χ3v) is 7.18. The van der Waals surface area contributed by atoms with Crippen LogP contribution < -0.4 is 15.0 Å². The number of nitrogens with one attached hydrogen (secondary N) is 1. The highest BCUT2D eigenvalue weighted by Crippen LogP contribution is 2.37. The minimum atomic E-state index is -0.235. The molecule has 1 aliphatic heterocycles. The Morgan fingerprint density at radius 3 is 2.23 bits per heavy atom. The van der Waals surface area contributed by atoms with E-state index in [0.717, 1.165) is 39.3 Å². The van der Waals surface area contributed by atoms with E-state index in [-0.39, 0.29) is 18.4 Å². The fraction of sp³-hybridized carbons (Fsp3) is 0.121. The quantitative estimate of drug-likeness (QED) is 0.244. The van der Waals surface area contributed by atoms with Gasteiger partial charge in [-0.3, -0.25) is 14.5 Å². The Bertz CT molecular complexity index is 1590. The molecule has 0 radical (unpaired) electrons. The molecule has 0 saturated carbocycles. The molecule has 2 amide bonds. The number of nitrogens with zero attached hydrogens (tertiary/aromatic N) is 2. The number of carbonyl (C=O) groups excluding carboxylic acids is 2. The van der Waals surface area contributed by atoms with Gasteiger partial charge in [0, 0.05) is 5.69 Å². The molecular formula is C33H29N3O3S. The number of aryl methyl sites for hydroxylation is 3. The minimum absolute atomic E-state index is 0.104. The average Bonchev–Trinajstić information content (AvgIpc) is 3.24. The van der Waals surface area contributed by atoms with Crippen LogP contribution in [-0.4, -0.2) is 23.6 Å². The lowest BCUT2D eigenvalue weighted by molar-refractivity contribution is -0.118. The Balaban J connectivity index is 1.31. The number of ether oxygens (including phenoxy) is 1. The standard InChI is InChI=1S/C33H29N3O3S/c1-22-7-13-26(14-8-22)35-33-36(28-15-9-23(2)10-16-28)32(38)30(40-33)20-25-11-17-29(18-12-25)39-21-31(37)34-27-6-4-5-24(3)19-27/h4-20H,21H2,1-3H3,(H,34,37)/b30-20-,35-33?. The van der Waals surface area contributed by atoms with Gasteiger partial charge in [0.25, 0.3) is 11.8 Å². The van der Waals surface area contributed by atoms with Crippen molar-refractivity contribution in [2.75, 3.05) is 16.8 Å². The number of thioether (sulfide) groups is 1. The zero-order chi connectivity index (χ0) is 28.1. The van der Waals surface area contributed by atoms with Crippen molar-refractivity contribution in [3.63, 3.8) is 0 Å². The molecule has 0 spiro atoms. The summed E-state index contributed by atoms with van der Waals surface area (Å²) in [5, 5.41) is 3.43. The Morgan fingerprint density at radius 2 is 1.55 bits per heavy atom. The first-order valence-electron chi connectivity index (χ1n) is 12.9. The van der Waals surface area contributed by atoms with E-state index in [4.69, 9.17) is 9.73 Å². The monoisotopic (exact) mass is 547 g/mol. The predicted molar refractivity (Wildman–Crippen MR) is 164 cm³/mol. The molecule has 0 aliphatic carbocycles. The van der Waals surface area contributed by atoms with Crippen molar-refractivity contribution in [1.82, 2.24) is 0 Å². The van der Waals surface area contributed by atoms with E-state index in [2.05, 4.69) is 5.32 Å². The Hall–Kier alpha value is -4.62. The number of amidine groups is 1. The van der Waals surface area contributed by atoms with Crippen LogP contribution in [0.3, 0.4) is 0 Å². The molecule has 1 fully saturated rings. The number of rotatable bonds is 7. The highest BCUT2D eigenvalue weighted by molar-refractivity contribution is 8.19. The molecule has 5 rings (SSSR count). The second-order valence-corrected chi connectivity index (χ2v) is 10.6. The van der Waals surface area contributed by atoms with E-state index < -0.39 is 0 Å². The summed E-state index contributed by atoms with van der Waals surface area (Å²) in [6.45, 7) is 5.91. The second-order valence-electron chi connectivity index (χ2n) is 9.59. The third-order valence-electron chi connectivity index (χ3n) is 6.21. The number of anilines is 2. The van der Waals surface area contributed by atoms with Crippen LogP contribution in [0.2, 0.25) is 0 Å². The van der Waals surface area contributed by atoms with E-state index in [1.54, 1.807) is 17.0 Å². The highest BCUT2D eigenvalue weighted by atomic mass is 32.2. The van der Waals surface area contributed by atoms with Crippen molar-refractivity contribution in [2.45, 2.75) is 20.8 Å². The topological polar surface area (TPSA) is 71.0 Å². The van der Waals surface area contributed by atoms with Crippen LogP contribution in [-0.2, 0) is 9.59 Å². The van der Waals surface area contributed by atoms with Crippen LogP contribution >= 0.6 is 11.8 Å². The van der Waals surface area contributed by atoms with Crippen molar-refractivity contribution >= 4 is 51.9 Å². The summed E-state index contributed by atoms with van der Waals surface area (Å²) in [6, 6.07) is 30.6. The van der Waals surface area contributed by atoms with Crippen LogP contribution in [0.25, 0.3) is 6.08 Å². The van der Waals surface area contributed by atoms with E-state index in [1.807, 2.05) is 112 Å². The summed E-state index contributed by atoms with van der Waals surface area (Å²) in [7, 11) is 0. The molecule has 0 aromatic heterocycles. The fourth-order valence-corrected chi connectivity index (χ4v) is 5.08. The van der Waals surface area contributed by atoms with Gasteiger partial charge in [0.1, 0.15) is 5.75 Å². The molecule has 0 bridgehead atoms. The first-order chi connectivity index (χ1) is 19.3. The van der Waals surface area contributed by atoms with Gasteiger partial charge in [-0.05, 0) is 98.3 Å². The van der Waals surface area contributed by atoms with Gasteiger partial charge >= 0.3 is 0 Å². The van der Waals surface area contributed by atoms with Gasteiger partial charge in [-0.1, -0.05) is 59.7 Å². The van der Waals surface area contributed by atoms with E-state index in [1.165, 1.54) is 11.8 Å². The number of carbonyl (C=O) groups is 2. The smallest absolute Gasteiger partial charge is 0.271 e. The fourth-order valence-electron chi connectivity index (χ4n) is 4.08. The van der Waals surface area contributed by atoms with Gasteiger partial charge in [0.05, 0.1) is 16.3 Å². The molecule has 1 N–H and O–H groups in total. The lowest BCUT2D eigenvalue weighted by Crippen LogP contribution is -2.28. The average molecular weight is 548 g/mol. The summed E-state index contributed by atoms with van der Waals surface area (Å²) >= 11 is 1.34. The van der Waals surface area contributed by atoms with Gasteiger partial charge < -0.3 is 10.1 Å². The highest BCUT2D eigenvalue weighted by Gasteiger charge is 2.34. The Morgan fingerprint density at radius 1 is 0.875 bits per heavy atom. The number of hydrogen-bond acceptors (Lipinski definition) is 5. The summed E-state index contributed by atoms with van der Waals surface area (Å²) in [6.07, 6.45) is 1.85. The van der Waals surface area contributed by atoms with Crippen molar-refractivity contribution in [2.24, 2.45) is 4.99 Å². The normalized spacial score (nSPS) is 15.1. The van der Waals surface area contributed by atoms with E-state index in [0.29, 0.717) is 15.8 Å². The number of hydrogen-bond donors (Lipinski definition) is 1. The molecule has 40 heavy (non-hydrogen) atoms. The maximum Gasteiger partial charge on any atom is 0.271 e. The molecule has 200 valence electrons. The second kappa shape index (κ2) is 12.1. The lowest BCUT2D eigenvalue weighted by atomic mass is 10.2. The Kier molecular flexibility index (Phi) is 8.12. The molecule has 1 heterocycles. The van der Waals surface area contributed by atoms with Crippen LogP contribution in [0.15, 0.2) is 107 Å². The largest absolute Gasteiger partial charge is 0.484 e. The zero-order valence-electron chi connectivity index (χ0n) is 22.5. The molecule has 4 aromatic carbocycles. The molecule has 6 nitrogen and oxygen atoms in total. The van der Waals surface area contributed by atoms with Crippen molar-refractivity contribution in [3.8, 4) is 5.75 Å². The number of amides is 2. The first-order valence-corrected chi connectivity index (χ1v) is 13.7. The van der Waals surface area contributed by atoms with Gasteiger partial charge in [0.2, 0.25) is 0 Å². The molecule has 1 saturated heterocycles. The maximum atomic E-state index is 13.6. The van der Waals surface area contributed by atoms with E-state index >= 15 is 0 Å². The van der Waals surface area contributed by atoms with Crippen molar-refractivity contribution in [3.05, 3.63) is 124 Å². The summed E-state index contributed by atoms with van der Waals surface area (Å²) in [5.74, 6) is 0.198. The molecule has 4 aromatic rings. The van der Waals surface area contributed by atoms with Crippen molar-refractivity contribution < 1.29 is 14.3 Å². The van der Waals surface area contributed by atoms with Gasteiger partial charge in [0.15, 0.2) is 11.8 Å². The van der Waals surface area contributed by atoms with Gasteiger partial charge in [-0.25, -0.2) is 4.99 Å². The first kappa shape index (κ1) is 27.0. The van der Waals surface area contributed by atoms with E-state index in [9.17, 15) is 9.59 Å². The number of benzene rings is 4. The predicted octanol–water partition coefficient (Wildman–Crippen LogP) is 7.44. The third kappa shape index (κ3) is 6.68. The molecule has 0 unspecified atom stereocenters. The molecule has 1 aliphatic rings. The maximum absolute atomic E-state index is 13.6. The summed E-state index contributed by atoms with van der Waals surface area (Å²) < 4.78 is 5.66. The van der Waals surface area contributed by atoms with Crippen LogP contribution in [0.1, 0.15) is 22.3 Å². The van der Waals surface area contributed by atoms with Crippen LogP contribution in [0, 0.1) is 20.8 Å². The van der Waals surface area contributed by atoms with Crippen LogP contribution in [0.5, 0.6) is 5.75 Å². The summed E-state index contributed by atoms with van der Waals surface area (Å²) in [5.41, 5.74) is 6.46. The zero-order valence-corrected chi connectivity index (χ0v) is 23.4. The molecule has 7 heteroatoms. The minimum Gasteiger partial charge on any atom is -0.484 e. The molecular weight excluding hydrogens is 518 g/mol. The molecule has 0 atom stereocenters. The van der Waals surface area contributed by atoms with Crippen LogP contribution in [0.4, 0.5) is 17.1 Å². The lowest BCUT2D eigenvalue weighted by Gasteiger charge is -2.16. The Labute approximate surface area is 238 Å².